The second-order valence-corrected chi connectivity index (χ2v) is 10.1. The van der Waals surface area contributed by atoms with Gasteiger partial charge < -0.3 is 9.88 Å². The van der Waals surface area contributed by atoms with Crippen LogP contribution in [0.1, 0.15) is 40.6 Å². The first-order valence-electron chi connectivity index (χ1n) is 10.6. The highest BCUT2D eigenvalue weighted by Crippen LogP contribution is 2.33. The molecule has 7 heteroatoms. The average Bonchev–Trinajstić information content (AvgIpc) is 3.46. The predicted molar refractivity (Wildman–Crippen MR) is 123 cm³/mol. The van der Waals surface area contributed by atoms with Crippen LogP contribution in [-0.4, -0.2) is 35.7 Å². The largest absolute Gasteiger partial charge is 0.340 e. The van der Waals surface area contributed by atoms with Gasteiger partial charge in [0, 0.05) is 12.1 Å². The van der Waals surface area contributed by atoms with Crippen LogP contribution in [-0.2, 0) is 15.6 Å². The maximum atomic E-state index is 13.4. The molecule has 1 saturated heterocycles. The molecule has 3 aromatic carbocycles. The number of aromatic nitrogens is 2. The van der Waals surface area contributed by atoms with E-state index in [0.29, 0.717) is 17.7 Å². The van der Waals surface area contributed by atoms with E-state index in [-0.39, 0.29) is 22.6 Å². The lowest BCUT2D eigenvalue weighted by atomic mass is 10.1. The van der Waals surface area contributed by atoms with E-state index in [4.69, 9.17) is 0 Å². The standard InChI is InChI=1S/C25H23N3O3S/c29-25(28-15-7-14-23(28)24-26-21-12-4-5-13-22(21)27-24)19-10-6-11-20(16-19)32(30,31)17-18-8-2-1-3-9-18/h1-6,8-13,16,23H,7,14-15,17H2,(H,26,27). The lowest BCUT2D eigenvalue weighted by Gasteiger charge is -2.23. The van der Waals surface area contributed by atoms with E-state index in [0.717, 1.165) is 29.7 Å². The summed E-state index contributed by atoms with van der Waals surface area (Å²) in [5, 5.41) is 0. The van der Waals surface area contributed by atoms with E-state index in [1.54, 1.807) is 35.2 Å². The number of fused-ring (bicyclic) bond motifs is 1. The summed E-state index contributed by atoms with van der Waals surface area (Å²) in [5.41, 5.74) is 2.91. The Bertz CT molecular complexity index is 1350. The molecule has 1 aliphatic rings. The number of H-pyrrole nitrogens is 1. The Morgan fingerprint density at radius 3 is 2.59 bits per heavy atom. The molecule has 0 saturated carbocycles. The Kier molecular flexibility index (Phi) is 5.27. The number of likely N-dealkylation sites (tertiary alicyclic amines) is 1. The van der Waals surface area contributed by atoms with Gasteiger partial charge in [-0.3, -0.25) is 4.79 Å². The van der Waals surface area contributed by atoms with Gasteiger partial charge in [0.1, 0.15) is 5.82 Å². The molecule has 1 unspecified atom stereocenters. The molecule has 4 aromatic rings. The van der Waals surface area contributed by atoms with Crippen LogP contribution in [0.2, 0.25) is 0 Å². The van der Waals surface area contributed by atoms with Crippen molar-refractivity contribution in [1.82, 2.24) is 14.9 Å². The van der Waals surface area contributed by atoms with Crippen molar-refractivity contribution in [2.24, 2.45) is 0 Å². The number of sulfone groups is 1. The first-order valence-corrected chi connectivity index (χ1v) is 12.3. The van der Waals surface area contributed by atoms with Gasteiger partial charge in [-0.25, -0.2) is 13.4 Å². The highest BCUT2D eigenvalue weighted by Gasteiger charge is 2.33. The first-order chi connectivity index (χ1) is 15.5. The highest BCUT2D eigenvalue weighted by molar-refractivity contribution is 7.90. The third kappa shape index (κ3) is 3.91. The lowest BCUT2D eigenvalue weighted by molar-refractivity contribution is 0.0730. The normalized spacial score (nSPS) is 16.5. The molecule has 162 valence electrons. The van der Waals surface area contributed by atoms with Crippen LogP contribution in [0.15, 0.2) is 83.8 Å². The fourth-order valence-corrected chi connectivity index (χ4v) is 5.68. The molecule has 5 rings (SSSR count). The maximum Gasteiger partial charge on any atom is 0.254 e. The number of aromatic amines is 1. The minimum absolute atomic E-state index is 0.100. The molecule has 1 amide bonds. The number of benzene rings is 3. The minimum atomic E-state index is -3.57. The van der Waals surface area contributed by atoms with Crippen LogP contribution in [0, 0.1) is 0 Å². The zero-order chi connectivity index (χ0) is 22.1. The number of imidazole rings is 1. The van der Waals surface area contributed by atoms with Crippen LogP contribution in [0.3, 0.4) is 0 Å². The van der Waals surface area contributed by atoms with Gasteiger partial charge in [-0.05, 0) is 48.7 Å². The zero-order valence-corrected chi connectivity index (χ0v) is 18.3. The SMILES string of the molecule is O=C(c1cccc(S(=O)(=O)Cc2ccccc2)c1)N1CCCC1c1nc2ccccc2[nH]1. The molecule has 1 atom stereocenters. The number of hydrogen-bond donors (Lipinski definition) is 1. The summed E-state index contributed by atoms with van der Waals surface area (Å²) < 4.78 is 25.9. The zero-order valence-electron chi connectivity index (χ0n) is 17.4. The molecule has 0 radical (unpaired) electrons. The Balaban J connectivity index is 1.41. The smallest absolute Gasteiger partial charge is 0.254 e. The summed E-state index contributed by atoms with van der Waals surface area (Å²) in [6.07, 6.45) is 1.69. The molecule has 32 heavy (non-hydrogen) atoms. The molecule has 2 heterocycles. The summed E-state index contributed by atoms with van der Waals surface area (Å²) in [5.74, 6) is 0.492. The fourth-order valence-electron chi connectivity index (χ4n) is 4.29. The monoisotopic (exact) mass is 445 g/mol. The van der Waals surface area contributed by atoms with E-state index >= 15 is 0 Å². The Hall–Kier alpha value is -3.45. The predicted octanol–water partition coefficient (Wildman–Crippen LogP) is 4.51. The molecule has 1 aromatic heterocycles. The number of carbonyl (C=O) groups is 1. The molecule has 0 aliphatic carbocycles. The van der Waals surface area contributed by atoms with Crippen molar-refractivity contribution in [3.63, 3.8) is 0 Å². The van der Waals surface area contributed by atoms with E-state index < -0.39 is 9.84 Å². The number of nitrogens with one attached hydrogen (secondary N) is 1. The van der Waals surface area contributed by atoms with Crippen molar-refractivity contribution in [1.29, 1.82) is 0 Å². The van der Waals surface area contributed by atoms with Crippen molar-refractivity contribution >= 4 is 26.8 Å². The van der Waals surface area contributed by atoms with Crippen LogP contribution in [0.25, 0.3) is 11.0 Å². The molecule has 0 bridgehead atoms. The lowest BCUT2D eigenvalue weighted by Crippen LogP contribution is -2.31. The Morgan fingerprint density at radius 1 is 1.00 bits per heavy atom. The van der Waals surface area contributed by atoms with Gasteiger partial charge in [0.05, 0.1) is 27.7 Å². The molecular weight excluding hydrogens is 422 g/mol. The molecule has 1 aliphatic heterocycles. The second kappa shape index (κ2) is 8.24. The summed E-state index contributed by atoms with van der Waals surface area (Å²) in [7, 11) is -3.57. The number of amides is 1. The minimum Gasteiger partial charge on any atom is -0.340 e. The second-order valence-electron chi connectivity index (χ2n) is 8.07. The van der Waals surface area contributed by atoms with Crippen LogP contribution >= 0.6 is 0 Å². The third-order valence-electron chi connectivity index (χ3n) is 5.88. The summed E-state index contributed by atoms with van der Waals surface area (Å²) in [6.45, 7) is 0.613. The van der Waals surface area contributed by atoms with Crippen molar-refractivity contribution in [2.45, 2.75) is 29.5 Å². The number of hydrogen-bond acceptors (Lipinski definition) is 4. The quantitative estimate of drug-likeness (QED) is 0.490. The van der Waals surface area contributed by atoms with Gasteiger partial charge in [0.2, 0.25) is 0 Å². The maximum absolute atomic E-state index is 13.4. The summed E-state index contributed by atoms with van der Waals surface area (Å²) in [4.78, 5) is 23.3. The fraction of sp³-hybridized carbons (Fsp3) is 0.200. The van der Waals surface area contributed by atoms with Gasteiger partial charge in [-0.15, -0.1) is 0 Å². The molecular formula is C25H23N3O3S. The van der Waals surface area contributed by atoms with E-state index in [1.807, 2.05) is 42.5 Å². The topological polar surface area (TPSA) is 83.1 Å². The first kappa shape index (κ1) is 20.5. The summed E-state index contributed by atoms with van der Waals surface area (Å²) >= 11 is 0. The number of rotatable bonds is 5. The van der Waals surface area contributed by atoms with Crippen LogP contribution in [0.5, 0.6) is 0 Å². The molecule has 6 nitrogen and oxygen atoms in total. The van der Waals surface area contributed by atoms with Crippen molar-refractivity contribution in [3.8, 4) is 0 Å². The molecule has 1 N–H and O–H groups in total. The molecule has 1 fully saturated rings. The van der Waals surface area contributed by atoms with E-state index in [2.05, 4.69) is 9.97 Å². The Morgan fingerprint density at radius 2 is 1.78 bits per heavy atom. The van der Waals surface area contributed by atoms with Crippen LogP contribution < -0.4 is 0 Å². The summed E-state index contributed by atoms with van der Waals surface area (Å²) in [6, 6.07) is 23.1. The van der Waals surface area contributed by atoms with E-state index in [1.165, 1.54) is 6.07 Å². The third-order valence-corrected chi connectivity index (χ3v) is 7.56. The highest BCUT2D eigenvalue weighted by atomic mass is 32.2. The van der Waals surface area contributed by atoms with Gasteiger partial charge in [0.15, 0.2) is 9.84 Å². The van der Waals surface area contributed by atoms with Crippen molar-refractivity contribution in [3.05, 3.63) is 95.8 Å². The molecule has 0 spiro atoms. The number of nitrogens with zero attached hydrogens (tertiary/aromatic N) is 2. The van der Waals surface area contributed by atoms with Crippen molar-refractivity contribution < 1.29 is 13.2 Å². The van der Waals surface area contributed by atoms with Gasteiger partial charge in [-0.2, -0.15) is 0 Å². The number of para-hydroxylation sites is 2. The van der Waals surface area contributed by atoms with Crippen LogP contribution in [0.4, 0.5) is 0 Å². The van der Waals surface area contributed by atoms with Gasteiger partial charge >= 0.3 is 0 Å². The van der Waals surface area contributed by atoms with Gasteiger partial charge in [0.25, 0.3) is 5.91 Å². The Labute approximate surface area is 186 Å². The number of carbonyl (C=O) groups excluding carboxylic acids is 1. The average molecular weight is 446 g/mol. The van der Waals surface area contributed by atoms with Crippen molar-refractivity contribution in [2.75, 3.05) is 6.54 Å². The van der Waals surface area contributed by atoms with E-state index in [9.17, 15) is 13.2 Å². The van der Waals surface area contributed by atoms with Gasteiger partial charge in [-0.1, -0.05) is 48.5 Å².